The molecule has 0 aliphatic rings. The predicted molar refractivity (Wildman–Crippen MR) is 101 cm³/mol. The maximum absolute atomic E-state index is 12.1. The first kappa shape index (κ1) is 17.8. The lowest BCUT2D eigenvalue weighted by Crippen LogP contribution is -2.22. The van der Waals surface area contributed by atoms with Crippen molar-refractivity contribution in [3.63, 3.8) is 0 Å². The lowest BCUT2D eigenvalue weighted by atomic mass is 10.2. The third-order valence-electron chi connectivity index (χ3n) is 3.29. The van der Waals surface area contributed by atoms with Crippen molar-refractivity contribution in [2.24, 2.45) is 0 Å². The van der Waals surface area contributed by atoms with Crippen LogP contribution in [0, 0.1) is 0 Å². The van der Waals surface area contributed by atoms with E-state index in [0.29, 0.717) is 21.5 Å². The number of aromatic nitrogens is 2. The summed E-state index contributed by atoms with van der Waals surface area (Å²) in [7, 11) is 0. The van der Waals surface area contributed by atoms with E-state index in [0.717, 1.165) is 0 Å². The molecule has 0 atom stereocenters. The zero-order valence-corrected chi connectivity index (χ0v) is 14.9. The molecular formula is C17H13ClN4O3S. The molecule has 0 aliphatic carbocycles. The fraction of sp³-hybridized carbons (Fsp3) is 0.0588. The summed E-state index contributed by atoms with van der Waals surface area (Å²) < 4.78 is 0. The van der Waals surface area contributed by atoms with Gasteiger partial charge in [0.1, 0.15) is 5.56 Å². The first-order chi connectivity index (χ1) is 12.5. The zero-order chi connectivity index (χ0) is 18.5. The number of nitrogens with one attached hydrogen (secondary N) is 3. The fourth-order valence-electron chi connectivity index (χ4n) is 2.15. The number of anilines is 2. The summed E-state index contributed by atoms with van der Waals surface area (Å²) in [6.07, 6.45) is 1.49. The summed E-state index contributed by atoms with van der Waals surface area (Å²) in [5, 5.41) is 7.78. The second kappa shape index (κ2) is 7.94. The molecule has 0 fully saturated rings. The van der Waals surface area contributed by atoms with E-state index in [4.69, 9.17) is 11.6 Å². The highest BCUT2D eigenvalue weighted by atomic mass is 35.5. The number of amides is 2. The second-order valence-electron chi connectivity index (χ2n) is 5.25. The summed E-state index contributed by atoms with van der Waals surface area (Å²) in [4.78, 5) is 42.4. The van der Waals surface area contributed by atoms with Gasteiger partial charge in [0, 0.05) is 22.3 Å². The number of carbonyl (C=O) groups excluding carboxylic acids is 2. The molecule has 9 heteroatoms. The number of pyridine rings is 1. The van der Waals surface area contributed by atoms with Gasteiger partial charge in [-0.3, -0.25) is 19.7 Å². The Morgan fingerprint density at radius 3 is 2.81 bits per heavy atom. The Morgan fingerprint density at radius 2 is 2.04 bits per heavy atom. The summed E-state index contributed by atoms with van der Waals surface area (Å²) in [6.45, 7) is 0. The van der Waals surface area contributed by atoms with Crippen LogP contribution >= 0.6 is 22.9 Å². The number of benzene rings is 1. The average Bonchev–Trinajstić information content (AvgIpc) is 3.01. The molecule has 0 bridgehead atoms. The minimum Gasteiger partial charge on any atom is -0.328 e. The number of thiazole rings is 1. The van der Waals surface area contributed by atoms with Crippen molar-refractivity contribution in [2.75, 3.05) is 10.6 Å². The number of hydrogen-bond acceptors (Lipinski definition) is 5. The largest absolute Gasteiger partial charge is 0.328 e. The molecule has 0 saturated carbocycles. The molecule has 3 N–H and O–H groups in total. The summed E-state index contributed by atoms with van der Waals surface area (Å²) in [5.74, 6) is -0.814. The lowest BCUT2D eigenvalue weighted by molar-refractivity contribution is -0.115. The van der Waals surface area contributed by atoms with Crippen molar-refractivity contribution in [1.29, 1.82) is 0 Å². The first-order valence-electron chi connectivity index (χ1n) is 7.50. The molecule has 0 spiro atoms. The minimum atomic E-state index is -0.559. The summed E-state index contributed by atoms with van der Waals surface area (Å²) in [6, 6.07) is 9.80. The van der Waals surface area contributed by atoms with Gasteiger partial charge in [-0.05, 0) is 30.3 Å². The maximum Gasteiger partial charge on any atom is 0.263 e. The van der Waals surface area contributed by atoms with Crippen molar-refractivity contribution >= 4 is 45.6 Å². The van der Waals surface area contributed by atoms with Gasteiger partial charge in [-0.1, -0.05) is 17.7 Å². The van der Waals surface area contributed by atoms with Gasteiger partial charge in [-0.15, -0.1) is 11.3 Å². The molecule has 2 aromatic heterocycles. The van der Waals surface area contributed by atoms with Crippen molar-refractivity contribution in [3.8, 4) is 0 Å². The summed E-state index contributed by atoms with van der Waals surface area (Å²) in [5.41, 5.74) is 0.604. The first-order valence-corrected chi connectivity index (χ1v) is 8.76. The number of carbonyl (C=O) groups is 2. The highest BCUT2D eigenvalue weighted by Crippen LogP contribution is 2.18. The quantitative estimate of drug-likeness (QED) is 0.625. The van der Waals surface area contributed by atoms with Gasteiger partial charge >= 0.3 is 0 Å². The Balaban J connectivity index is 1.61. The van der Waals surface area contributed by atoms with Gasteiger partial charge < -0.3 is 10.3 Å². The molecule has 132 valence electrons. The molecule has 3 rings (SSSR count). The fourth-order valence-corrected chi connectivity index (χ4v) is 3.04. The standard InChI is InChI=1S/C17H13ClN4O3S/c18-10-3-1-4-11(7-10)20-14(23)8-12-9-26-17(21-12)22-16(25)13-5-2-6-19-15(13)24/h1-7,9H,8H2,(H,19,24)(H,20,23)(H,21,22,25). The van der Waals surface area contributed by atoms with Crippen LogP contribution in [0.25, 0.3) is 0 Å². The van der Waals surface area contributed by atoms with Gasteiger partial charge in [0.25, 0.3) is 11.5 Å². The molecular weight excluding hydrogens is 376 g/mol. The van der Waals surface area contributed by atoms with Crippen molar-refractivity contribution in [1.82, 2.24) is 9.97 Å². The van der Waals surface area contributed by atoms with Gasteiger partial charge in [0.05, 0.1) is 12.1 Å². The van der Waals surface area contributed by atoms with Crippen molar-refractivity contribution in [3.05, 3.63) is 74.6 Å². The average molecular weight is 389 g/mol. The van der Waals surface area contributed by atoms with Gasteiger partial charge in [0.15, 0.2) is 5.13 Å². The Hall–Kier alpha value is -2.97. The van der Waals surface area contributed by atoms with E-state index in [1.54, 1.807) is 35.7 Å². The molecule has 0 aliphatic heterocycles. The van der Waals surface area contributed by atoms with Gasteiger partial charge in [-0.25, -0.2) is 4.98 Å². The predicted octanol–water partition coefficient (Wildman–Crippen LogP) is 2.92. The number of halogens is 1. The molecule has 2 heterocycles. The van der Waals surface area contributed by atoms with E-state index in [9.17, 15) is 14.4 Å². The van der Waals surface area contributed by atoms with Crippen LogP contribution in [0.4, 0.5) is 10.8 Å². The van der Waals surface area contributed by atoms with Crippen LogP contribution in [0.15, 0.2) is 52.8 Å². The monoisotopic (exact) mass is 388 g/mol. The van der Waals surface area contributed by atoms with Crippen LogP contribution < -0.4 is 16.2 Å². The molecule has 1 aromatic carbocycles. The van der Waals surface area contributed by atoms with E-state index in [1.807, 2.05) is 0 Å². The zero-order valence-electron chi connectivity index (χ0n) is 13.3. The molecule has 0 radical (unpaired) electrons. The maximum atomic E-state index is 12.1. The van der Waals surface area contributed by atoms with E-state index < -0.39 is 11.5 Å². The number of H-pyrrole nitrogens is 1. The number of hydrogen-bond donors (Lipinski definition) is 3. The molecule has 0 saturated heterocycles. The minimum absolute atomic E-state index is 0.0112. The normalized spacial score (nSPS) is 10.3. The Bertz CT molecular complexity index is 1010. The van der Waals surface area contributed by atoms with E-state index in [2.05, 4.69) is 20.6 Å². The Kier molecular flexibility index (Phi) is 5.45. The lowest BCUT2D eigenvalue weighted by Gasteiger charge is -2.04. The number of rotatable bonds is 5. The second-order valence-corrected chi connectivity index (χ2v) is 6.54. The van der Waals surface area contributed by atoms with Crippen LogP contribution in [0.1, 0.15) is 16.1 Å². The molecule has 3 aromatic rings. The third-order valence-corrected chi connectivity index (χ3v) is 4.33. The summed E-state index contributed by atoms with van der Waals surface area (Å²) >= 11 is 7.05. The molecule has 2 amide bonds. The number of nitrogens with zero attached hydrogens (tertiary/aromatic N) is 1. The van der Waals surface area contributed by atoms with Crippen LogP contribution in [0.5, 0.6) is 0 Å². The Morgan fingerprint density at radius 1 is 1.19 bits per heavy atom. The van der Waals surface area contributed by atoms with E-state index in [-0.39, 0.29) is 17.9 Å². The van der Waals surface area contributed by atoms with Crippen LogP contribution in [0.2, 0.25) is 5.02 Å². The van der Waals surface area contributed by atoms with E-state index in [1.165, 1.54) is 23.6 Å². The Labute approximate surface area is 157 Å². The number of aromatic amines is 1. The molecule has 0 unspecified atom stereocenters. The van der Waals surface area contributed by atoms with Crippen LogP contribution in [0.3, 0.4) is 0 Å². The SMILES string of the molecule is O=C(Cc1csc(NC(=O)c2ccc[nH]c2=O)n1)Nc1cccc(Cl)c1. The topological polar surface area (TPSA) is 104 Å². The smallest absolute Gasteiger partial charge is 0.263 e. The highest BCUT2D eigenvalue weighted by molar-refractivity contribution is 7.14. The molecule has 7 nitrogen and oxygen atoms in total. The van der Waals surface area contributed by atoms with Crippen molar-refractivity contribution < 1.29 is 9.59 Å². The highest BCUT2D eigenvalue weighted by Gasteiger charge is 2.13. The van der Waals surface area contributed by atoms with Gasteiger partial charge in [-0.2, -0.15) is 0 Å². The van der Waals surface area contributed by atoms with Gasteiger partial charge in [0.2, 0.25) is 5.91 Å². The third kappa shape index (κ3) is 4.56. The van der Waals surface area contributed by atoms with Crippen LogP contribution in [-0.2, 0) is 11.2 Å². The van der Waals surface area contributed by atoms with Crippen LogP contribution in [-0.4, -0.2) is 21.8 Å². The van der Waals surface area contributed by atoms with Crippen molar-refractivity contribution in [2.45, 2.75) is 6.42 Å². The van der Waals surface area contributed by atoms with E-state index >= 15 is 0 Å². The molecule has 26 heavy (non-hydrogen) atoms.